The summed E-state index contributed by atoms with van der Waals surface area (Å²) in [7, 11) is 0. The summed E-state index contributed by atoms with van der Waals surface area (Å²) in [6, 6.07) is 15.0. The Bertz CT molecular complexity index is 830. The van der Waals surface area contributed by atoms with E-state index in [0.717, 1.165) is 56.1 Å². The third-order valence-electron chi connectivity index (χ3n) is 5.34. The number of rotatable bonds is 10. The Balaban J connectivity index is 1.18. The maximum atomic E-state index is 12.3. The summed E-state index contributed by atoms with van der Waals surface area (Å²) in [5.74, 6) is 1.39. The average Bonchev–Trinajstić information content (AvgIpc) is 3.50. The van der Waals surface area contributed by atoms with E-state index < -0.39 is 0 Å². The molecule has 4 rings (SSSR count). The van der Waals surface area contributed by atoms with Crippen LogP contribution >= 0.6 is 0 Å². The molecule has 7 nitrogen and oxygen atoms in total. The molecule has 7 heteroatoms. The van der Waals surface area contributed by atoms with Crippen LogP contribution in [0.15, 0.2) is 48.5 Å². The highest BCUT2D eigenvalue weighted by Gasteiger charge is 2.17. The number of hydrogen-bond donors (Lipinski definition) is 2. The minimum atomic E-state index is -0.130. The minimum absolute atomic E-state index is 0.130. The fourth-order valence-electron chi connectivity index (χ4n) is 3.65. The van der Waals surface area contributed by atoms with Gasteiger partial charge in [0.2, 0.25) is 5.91 Å². The molecule has 1 amide bonds. The van der Waals surface area contributed by atoms with Crippen LogP contribution in [-0.4, -0.2) is 51.1 Å². The van der Waals surface area contributed by atoms with Gasteiger partial charge in [-0.05, 0) is 62.1 Å². The Labute approximate surface area is 183 Å². The van der Waals surface area contributed by atoms with Crippen LogP contribution in [0.4, 0.5) is 11.4 Å². The molecule has 2 aromatic rings. The molecule has 0 aromatic heterocycles. The smallest absolute Gasteiger partial charge is 0.243 e. The number of hydrogen-bond acceptors (Lipinski definition) is 6. The fraction of sp³-hybridized carbons (Fsp3) is 0.458. The molecule has 0 saturated carbocycles. The van der Waals surface area contributed by atoms with E-state index in [1.54, 1.807) is 0 Å². The SMILES string of the molecule is O=C(CNc1ccc(OCC2CCCO2)cc1)Nc1cccc(OCC2CCCO2)c1. The van der Waals surface area contributed by atoms with Gasteiger partial charge in [0.05, 0.1) is 18.8 Å². The van der Waals surface area contributed by atoms with Crippen molar-refractivity contribution in [2.75, 3.05) is 43.6 Å². The highest BCUT2D eigenvalue weighted by Crippen LogP contribution is 2.21. The topological polar surface area (TPSA) is 78.1 Å². The van der Waals surface area contributed by atoms with E-state index in [-0.39, 0.29) is 24.7 Å². The second-order valence-electron chi connectivity index (χ2n) is 7.85. The molecule has 2 heterocycles. The van der Waals surface area contributed by atoms with Crippen LogP contribution in [0.3, 0.4) is 0 Å². The minimum Gasteiger partial charge on any atom is -0.491 e. The first kappa shape index (κ1) is 21.5. The summed E-state index contributed by atoms with van der Waals surface area (Å²) in [6.45, 7) is 2.91. The molecule has 31 heavy (non-hydrogen) atoms. The zero-order valence-corrected chi connectivity index (χ0v) is 17.7. The third kappa shape index (κ3) is 6.87. The molecule has 2 aromatic carbocycles. The molecule has 2 aliphatic rings. The molecular weight excluding hydrogens is 396 g/mol. The molecule has 2 atom stereocenters. The monoisotopic (exact) mass is 426 g/mol. The molecule has 2 aliphatic heterocycles. The molecule has 0 bridgehead atoms. The van der Waals surface area contributed by atoms with Crippen LogP contribution in [0.25, 0.3) is 0 Å². The molecular formula is C24H30N2O5. The van der Waals surface area contributed by atoms with E-state index in [4.69, 9.17) is 18.9 Å². The lowest BCUT2D eigenvalue weighted by Crippen LogP contribution is -2.21. The normalized spacial score (nSPS) is 20.4. The van der Waals surface area contributed by atoms with Crippen molar-refractivity contribution in [2.45, 2.75) is 37.9 Å². The largest absolute Gasteiger partial charge is 0.491 e. The maximum absolute atomic E-state index is 12.3. The first-order chi connectivity index (χ1) is 15.2. The van der Waals surface area contributed by atoms with Gasteiger partial charge in [0.1, 0.15) is 24.7 Å². The van der Waals surface area contributed by atoms with Gasteiger partial charge in [-0.15, -0.1) is 0 Å². The molecule has 166 valence electrons. The second kappa shape index (κ2) is 11.0. The van der Waals surface area contributed by atoms with Gasteiger partial charge in [0, 0.05) is 30.7 Å². The standard InChI is InChI=1S/C24H30N2O5/c27-24(26-19-4-1-5-21(14-19)31-17-23-7-3-13-29-23)15-25-18-8-10-20(11-9-18)30-16-22-6-2-12-28-22/h1,4-5,8-11,14,22-23,25H,2-3,6-7,12-13,15-17H2,(H,26,27). The predicted octanol–water partition coefficient (Wildman–Crippen LogP) is 3.85. The Hall–Kier alpha value is -2.77. The van der Waals surface area contributed by atoms with Gasteiger partial charge >= 0.3 is 0 Å². The number of anilines is 2. The zero-order chi connectivity index (χ0) is 21.3. The second-order valence-corrected chi connectivity index (χ2v) is 7.85. The maximum Gasteiger partial charge on any atom is 0.243 e. The van der Waals surface area contributed by atoms with E-state index in [2.05, 4.69) is 10.6 Å². The summed E-state index contributed by atoms with van der Waals surface area (Å²) >= 11 is 0. The van der Waals surface area contributed by atoms with Crippen molar-refractivity contribution in [3.8, 4) is 11.5 Å². The summed E-state index contributed by atoms with van der Waals surface area (Å²) in [6.07, 6.45) is 4.63. The van der Waals surface area contributed by atoms with Gasteiger partial charge in [-0.3, -0.25) is 4.79 Å². The Kier molecular flexibility index (Phi) is 7.63. The Morgan fingerprint density at radius 1 is 0.871 bits per heavy atom. The van der Waals surface area contributed by atoms with Gasteiger partial charge in [-0.25, -0.2) is 0 Å². The number of carbonyl (C=O) groups excluding carboxylic acids is 1. The summed E-state index contributed by atoms with van der Waals surface area (Å²) < 4.78 is 22.7. The lowest BCUT2D eigenvalue weighted by Gasteiger charge is -2.13. The van der Waals surface area contributed by atoms with Gasteiger partial charge in [0.25, 0.3) is 0 Å². The van der Waals surface area contributed by atoms with E-state index in [1.807, 2.05) is 48.5 Å². The number of amides is 1. The van der Waals surface area contributed by atoms with Crippen LogP contribution in [0.1, 0.15) is 25.7 Å². The predicted molar refractivity (Wildman–Crippen MR) is 119 cm³/mol. The number of benzene rings is 2. The van der Waals surface area contributed by atoms with Crippen LogP contribution in [0.5, 0.6) is 11.5 Å². The van der Waals surface area contributed by atoms with Gasteiger partial charge in [-0.1, -0.05) is 6.07 Å². The van der Waals surface area contributed by atoms with Crippen molar-refractivity contribution in [3.63, 3.8) is 0 Å². The van der Waals surface area contributed by atoms with Crippen molar-refractivity contribution < 1.29 is 23.7 Å². The molecule has 2 unspecified atom stereocenters. The molecule has 0 radical (unpaired) electrons. The zero-order valence-electron chi connectivity index (χ0n) is 17.7. The average molecular weight is 427 g/mol. The lowest BCUT2D eigenvalue weighted by atomic mass is 10.2. The number of carbonyl (C=O) groups is 1. The van der Waals surface area contributed by atoms with Crippen LogP contribution in [-0.2, 0) is 14.3 Å². The summed E-state index contributed by atoms with van der Waals surface area (Å²) in [5, 5.41) is 6.02. The van der Waals surface area contributed by atoms with E-state index in [9.17, 15) is 4.79 Å². The third-order valence-corrected chi connectivity index (χ3v) is 5.34. The van der Waals surface area contributed by atoms with Crippen molar-refractivity contribution >= 4 is 17.3 Å². The molecule has 0 aliphatic carbocycles. The highest BCUT2D eigenvalue weighted by molar-refractivity contribution is 5.93. The van der Waals surface area contributed by atoms with Crippen molar-refractivity contribution in [1.82, 2.24) is 0 Å². The molecule has 2 fully saturated rings. The Morgan fingerprint density at radius 2 is 1.55 bits per heavy atom. The molecule has 2 N–H and O–H groups in total. The van der Waals surface area contributed by atoms with Crippen molar-refractivity contribution in [2.24, 2.45) is 0 Å². The Morgan fingerprint density at radius 3 is 2.19 bits per heavy atom. The van der Waals surface area contributed by atoms with Gasteiger partial charge in [-0.2, -0.15) is 0 Å². The first-order valence-corrected chi connectivity index (χ1v) is 11.0. The van der Waals surface area contributed by atoms with Crippen molar-refractivity contribution in [1.29, 1.82) is 0 Å². The lowest BCUT2D eigenvalue weighted by molar-refractivity contribution is -0.114. The van der Waals surface area contributed by atoms with E-state index in [1.165, 1.54) is 0 Å². The summed E-state index contributed by atoms with van der Waals surface area (Å²) in [5.41, 5.74) is 1.56. The van der Waals surface area contributed by atoms with Crippen LogP contribution in [0, 0.1) is 0 Å². The quantitative estimate of drug-likeness (QED) is 0.601. The number of ether oxygens (including phenoxy) is 4. The first-order valence-electron chi connectivity index (χ1n) is 11.0. The molecule has 0 spiro atoms. The van der Waals surface area contributed by atoms with E-state index in [0.29, 0.717) is 18.9 Å². The summed E-state index contributed by atoms with van der Waals surface area (Å²) in [4.78, 5) is 12.3. The number of nitrogens with one attached hydrogen (secondary N) is 2. The van der Waals surface area contributed by atoms with Gasteiger partial charge in [0.15, 0.2) is 0 Å². The van der Waals surface area contributed by atoms with Crippen LogP contribution in [0.2, 0.25) is 0 Å². The van der Waals surface area contributed by atoms with Crippen molar-refractivity contribution in [3.05, 3.63) is 48.5 Å². The van der Waals surface area contributed by atoms with E-state index >= 15 is 0 Å². The van der Waals surface area contributed by atoms with Gasteiger partial charge < -0.3 is 29.6 Å². The fourth-order valence-corrected chi connectivity index (χ4v) is 3.65. The molecule has 2 saturated heterocycles. The van der Waals surface area contributed by atoms with Crippen LogP contribution < -0.4 is 20.1 Å². The highest BCUT2D eigenvalue weighted by atomic mass is 16.5.